The average Bonchev–Trinajstić information content (AvgIpc) is 2.44. The first-order valence-corrected chi connectivity index (χ1v) is 7.54. The highest BCUT2D eigenvalue weighted by Crippen LogP contribution is 1.95. The molecule has 0 aromatic rings. The highest BCUT2D eigenvalue weighted by atomic mass is 32.1. The molecule has 1 rings (SSSR count). The van der Waals surface area contributed by atoms with Crippen LogP contribution in [0.2, 0.25) is 0 Å². The number of ether oxygens (including phenoxy) is 5. The van der Waals surface area contributed by atoms with Crippen molar-refractivity contribution in [1.29, 1.82) is 0 Å². The van der Waals surface area contributed by atoms with E-state index >= 15 is 0 Å². The van der Waals surface area contributed by atoms with E-state index in [0.717, 1.165) is 0 Å². The zero-order chi connectivity index (χ0) is 14.5. The summed E-state index contributed by atoms with van der Waals surface area (Å²) in [4.78, 5) is 0. The predicted octanol–water partition coefficient (Wildman–Crippen LogP) is 0.256. The van der Waals surface area contributed by atoms with E-state index in [-0.39, 0.29) is 6.10 Å². The number of thiocarbonyl (C=S) groups is 1. The molecular weight excluding hydrogens is 302 g/mol. The Hall–Kier alpha value is 0.0400. The zero-order valence-corrected chi connectivity index (χ0v) is 13.3. The topological polar surface area (TPSA) is 58.2 Å². The van der Waals surface area contributed by atoms with Crippen LogP contribution in [0.1, 0.15) is 0 Å². The molecule has 0 spiro atoms. The van der Waals surface area contributed by atoms with E-state index in [2.05, 4.69) is 17.9 Å². The van der Waals surface area contributed by atoms with Gasteiger partial charge in [0.05, 0.1) is 65.6 Å². The summed E-state index contributed by atoms with van der Waals surface area (Å²) in [7, 11) is 0. The van der Waals surface area contributed by atoms with Crippen LogP contribution in [0.25, 0.3) is 0 Å². The molecule has 0 amide bonds. The van der Waals surface area contributed by atoms with Crippen LogP contribution in [0.4, 0.5) is 0 Å². The minimum absolute atomic E-state index is 0.0925. The molecule has 1 N–H and O–H groups in total. The Labute approximate surface area is 130 Å². The molecule has 0 saturated carbocycles. The number of rotatable bonds is 2. The number of hydrogen-bond acceptors (Lipinski definition) is 6. The largest absolute Gasteiger partial charge is 0.377 e. The zero-order valence-electron chi connectivity index (χ0n) is 11.5. The Kier molecular flexibility index (Phi) is 11.5. The van der Waals surface area contributed by atoms with Crippen molar-refractivity contribution < 1.29 is 23.7 Å². The Morgan fingerprint density at radius 3 is 1.95 bits per heavy atom. The Balaban J connectivity index is 2.26. The van der Waals surface area contributed by atoms with Gasteiger partial charge in [-0.1, -0.05) is 12.2 Å². The second-order valence-electron chi connectivity index (χ2n) is 4.09. The van der Waals surface area contributed by atoms with Gasteiger partial charge in [0.25, 0.3) is 0 Å². The number of nitrogens with one attached hydrogen (secondary N) is 1. The van der Waals surface area contributed by atoms with Gasteiger partial charge in [0.2, 0.25) is 0 Å². The van der Waals surface area contributed by atoms with Crippen LogP contribution in [0.5, 0.6) is 0 Å². The van der Waals surface area contributed by atoms with Gasteiger partial charge < -0.3 is 29.0 Å². The van der Waals surface area contributed by atoms with Crippen LogP contribution in [0.15, 0.2) is 0 Å². The van der Waals surface area contributed by atoms with Gasteiger partial charge in [0.1, 0.15) is 4.32 Å². The van der Waals surface area contributed by atoms with Crippen molar-refractivity contribution in [3.63, 3.8) is 0 Å². The minimum Gasteiger partial charge on any atom is -0.377 e. The molecule has 1 aliphatic rings. The molecule has 1 heterocycles. The van der Waals surface area contributed by atoms with Crippen LogP contribution in [-0.4, -0.2) is 76.4 Å². The van der Waals surface area contributed by atoms with Crippen molar-refractivity contribution in [2.45, 2.75) is 6.10 Å². The van der Waals surface area contributed by atoms with E-state index in [1.165, 1.54) is 0 Å². The Bertz CT molecular complexity index is 242. The lowest BCUT2D eigenvalue weighted by molar-refractivity contribution is -0.0429. The fourth-order valence-electron chi connectivity index (χ4n) is 1.52. The third kappa shape index (κ3) is 10.8. The third-order valence-electron chi connectivity index (χ3n) is 2.48. The van der Waals surface area contributed by atoms with E-state index in [1.54, 1.807) is 0 Å². The monoisotopic (exact) mass is 325 g/mol. The Morgan fingerprint density at radius 2 is 1.40 bits per heavy atom. The maximum Gasteiger partial charge on any atom is 0.130 e. The molecule has 8 heteroatoms. The molecule has 1 fully saturated rings. The summed E-state index contributed by atoms with van der Waals surface area (Å²) in [5.41, 5.74) is 0. The third-order valence-corrected chi connectivity index (χ3v) is 2.78. The van der Waals surface area contributed by atoms with E-state index < -0.39 is 0 Å². The first-order valence-electron chi connectivity index (χ1n) is 6.68. The van der Waals surface area contributed by atoms with Crippen LogP contribution >= 0.6 is 24.8 Å². The van der Waals surface area contributed by atoms with Gasteiger partial charge >= 0.3 is 0 Å². The second-order valence-corrected chi connectivity index (χ2v) is 5.25. The van der Waals surface area contributed by atoms with Crippen LogP contribution in [0.3, 0.4) is 0 Å². The fraction of sp³-hybridized carbons (Fsp3) is 0.917. The highest BCUT2D eigenvalue weighted by molar-refractivity contribution is 8.11. The SMILES string of the molecule is S=C(S)NCC1COCCOCCOCCOCCO1. The molecule has 1 aliphatic heterocycles. The number of thiol groups is 1. The molecule has 0 bridgehead atoms. The van der Waals surface area contributed by atoms with Crippen LogP contribution in [0, 0.1) is 0 Å². The smallest absolute Gasteiger partial charge is 0.130 e. The van der Waals surface area contributed by atoms with Crippen molar-refractivity contribution in [2.75, 3.05) is 66.0 Å². The van der Waals surface area contributed by atoms with Crippen molar-refractivity contribution >= 4 is 29.2 Å². The van der Waals surface area contributed by atoms with E-state index in [4.69, 9.17) is 35.9 Å². The fourth-order valence-corrected chi connectivity index (χ4v) is 1.69. The molecule has 20 heavy (non-hydrogen) atoms. The van der Waals surface area contributed by atoms with Gasteiger partial charge in [-0.05, 0) is 0 Å². The quantitative estimate of drug-likeness (QED) is 0.558. The predicted molar refractivity (Wildman–Crippen MR) is 82.6 cm³/mol. The standard InChI is InChI=1S/C12H23NO5S2/c19-12(20)13-9-11-10-17-6-5-15-2-1-14-3-4-16-7-8-18-11/h11H,1-10H2,(H2,13,19,20). The molecule has 0 aromatic carbocycles. The summed E-state index contributed by atoms with van der Waals surface area (Å²) in [5, 5.41) is 2.96. The molecule has 6 nitrogen and oxygen atoms in total. The van der Waals surface area contributed by atoms with E-state index in [0.29, 0.717) is 70.3 Å². The van der Waals surface area contributed by atoms with Crippen LogP contribution in [-0.2, 0) is 23.7 Å². The number of hydrogen-bond donors (Lipinski definition) is 2. The molecule has 1 unspecified atom stereocenters. The first-order chi connectivity index (χ1) is 9.79. The van der Waals surface area contributed by atoms with Crippen molar-refractivity contribution in [1.82, 2.24) is 5.32 Å². The lowest BCUT2D eigenvalue weighted by atomic mass is 10.4. The molecular formula is C12H23NO5S2. The van der Waals surface area contributed by atoms with Gasteiger partial charge in [-0.3, -0.25) is 0 Å². The summed E-state index contributed by atoms with van der Waals surface area (Å²) in [5.74, 6) is 0. The molecule has 0 aliphatic carbocycles. The van der Waals surface area contributed by atoms with E-state index in [1.807, 2.05) is 0 Å². The molecule has 1 atom stereocenters. The summed E-state index contributed by atoms with van der Waals surface area (Å²) >= 11 is 8.88. The second kappa shape index (κ2) is 12.8. The molecule has 118 valence electrons. The maximum atomic E-state index is 5.68. The summed E-state index contributed by atoms with van der Waals surface area (Å²) in [6.07, 6.45) is -0.0925. The normalized spacial score (nSPS) is 24.4. The van der Waals surface area contributed by atoms with Gasteiger partial charge in [-0.25, -0.2) is 0 Å². The van der Waals surface area contributed by atoms with Gasteiger partial charge in [0.15, 0.2) is 0 Å². The maximum absolute atomic E-state index is 5.68. The average molecular weight is 325 g/mol. The van der Waals surface area contributed by atoms with Crippen LogP contribution < -0.4 is 5.32 Å². The summed E-state index contributed by atoms with van der Waals surface area (Å²) < 4.78 is 27.7. The first kappa shape index (κ1) is 18.1. The lowest BCUT2D eigenvalue weighted by Gasteiger charge is -2.18. The summed E-state index contributed by atoms with van der Waals surface area (Å²) in [6, 6.07) is 0. The Morgan fingerprint density at radius 1 is 0.900 bits per heavy atom. The highest BCUT2D eigenvalue weighted by Gasteiger charge is 2.10. The van der Waals surface area contributed by atoms with Crippen molar-refractivity contribution in [3.05, 3.63) is 0 Å². The van der Waals surface area contributed by atoms with E-state index in [9.17, 15) is 0 Å². The summed E-state index contributed by atoms with van der Waals surface area (Å²) in [6.45, 7) is 5.42. The molecule has 0 radical (unpaired) electrons. The molecule has 0 aromatic heterocycles. The molecule has 1 saturated heterocycles. The van der Waals surface area contributed by atoms with Gasteiger partial charge in [-0.15, -0.1) is 12.6 Å². The van der Waals surface area contributed by atoms with Crippen molar-refractivity contribution in [3.8, 4) is 0 Å². The lowest BCUT2D eigenvalue weighted by Crippen LogP contribution is -2.35. The van der Waals surface area contributed by atoms with Gasteiger partial charge in [-0.2, -0.15) is 0 Å². The van der Waals surface area contributed by atoms with Crippen molar-refractivity contribution in [2.24, 2.45) is 0 Å². The minimum atomic E-state index is -0.0925. The van der Waals surface area contributed by atoms with Gasteiger partial charge in [0, 0.05) is 6.54 Å².